The van der Waals surface area contributed by atoms with Gasteiger partial charge in [0.25, 0.3) is 0 Å². The fourth-order valence-electron chi connectivity index (χ4n) is 2.55. The number of aliphatic imine (C=N–C) groups is 1. The van der Waals surface area contributed by atoms with Gasteiger partial charge in [0, 0.05) is 19.6 Å². The SMILES string of the molecule is CN(C(N)=NCC1(C2CC2)CC1)C1CC1.I. The van der Waals surface area contributed by atoms with E-state index < -0.39 is 0 Å². The Bertz CT molecular complexity index is 291. The van der Waals surface area contributed by atoms with Crippen LogP contribution in [0.2, 0.25) is 0 Å². The van der Waals surface area contributed by atoms with E-state index in [1.807, 2.05) is 0 Å². The lowest BCUT2D eigenvalue weighted by Gasteiger charge is -2.18. The van der Waals surface area contributed by atoms with Gasteiger partial charge in [0.15, 0.2) is 5.96 Å². The van der Waals surface area contributed by atoms with E-state index in [2.05, 4.69) is 16.9 Å². The zero-order valence-electron chi connectivity index (χ0n) is 9.98. The highest BCUT2D eigenvalue weighted by Crippen LogP contribution is 2.61. The summed E-state index contributed by atoms with van der Waals surface area (Å²) in [5.74, 6) is 1.75. The third-order valence-electron chi connectivity index (χ3n) is 4.35. The largest absolute Gasteiger partial charge is 0.370 e. The van der Waals surface area contributed by atoms with Crippen LogP contribution < -0.4 is 5.73 Å². The lowest BCUT2D eigenvalue weighted by molar-refractivity contribution is 0.440. The minimum absolute atomic E-state index is 0. The fourth-order valence-corrected chi connectivity index (χ4v) is 2.55. The quantitative estimate of drug-likeness (QED) is 0.486. The van der Waals surface area contributed by atoms with E-state index in [1.54, 1.807) is 0 Å². The molecule has 0 spiro atoms. The molecule has 0 unspecified atom stereocenters. The number of hydrogen-bond acceptors (Lipinski definition) is 1. The molecule has 0 heterocycles. The first-order valence-electron chi connectivity index (χ1n) is 6.24. The molecule has 2 N–H and O–H groups in total. The van der Waals surface area contributed by atoms with Crippen LogP contribution in [0.4, 0.5) is 0 Å². The van der Waals surface area contributed by atoms with E-state index in [9.17, 15) is 0 Å². The Morgan fingerprint density at radius 3 is 2.38 bits per heavy atom. The van der Waals surface area contributed by atoms with Crippen LogP contribution >= 0.6 is 24.0 Å². The second kappa shape index (κ2) is 4.35. The monoisotopic (exact) mass is 335 g/mol. The summed E-state index contributed by atoms with van der Waals surface area (Å²) in [6.07, 6.45) is 8.24. The Balaban J connectivity index is 0.000000963. The van der Waals surface area contributed by atoms with Gasteiger partial charge in [-0.2, -0.15) is 0 Å². The van der Waals surface area contributed by atoms with Crippen molar-refractivity contribution < 1.29 is 0 Å². The van der Waals surface area contributed by atoms with E-state index in [0.717, 1.165) is 18.4 Å². The maximum absolute atomic E-state index is 5.99. The van der Waals surface area contributed by atoms with Crippen molar-refractivity contribution in [3.05, 3.63) is 0 Å². The van der Waals surface area contributed by atoms with Crippen LogP contribution in [-0.4, -0.2) is 30.5 Å². The lowest BCUT2D eigenvalue weighted by atomic mass is 10.0. The van der Waals surface area contributed by atoms with Gasteiger partial charge in [0.2, 0.25) is 0 Å². The summed E-state index contributed by atoms with van der Waals surface area (Å²) in [4.78, 5) is 6.76. The zero-order valence-corrected chi connectivity index (χ0v) is 12.3. The second-order valence-corrected chi connectivity index (χ2v) is 5.65. The predicted octanol–water partition coefficient (Wildman–Crippen LogP) is 2.20. The van der Waals surface area contributed by atoms with Gasteiger partial charge in [0.05, 0.1) is 0 Å². The van der Waals surface area contributed by atoms with Crippen molar-refractivity contribution in [2.75, 3.05) is 13.6 Å². The van der Waals surface area contributed by atoms with Gasteiger partial charge in [-0.3, -0.25) is 4.99 Å². The molecule has 0 atom stereocenters. The molecule has 0 aliphatic heterocycles. The highest BCUT2D eigenvalue weighted by atomic mass is 127. The number of hydrogen-bond donors (Lipinski definition) is 1. The van der Waals surface area contributed by atoms with Crippen LogP contribution in [0.15, 0.2) is 4.99 Å². The molecule has 3 aliphatic carbocycles. The van der Waals surface area contributed by atoms with Crippen LogP contribution in [0.3, 0.4) is 0 Å². The van der Waals surface area contributed by atoms with Crippen molar-refractivity contribution in [1.82, 2.24) is 4.90 Å². The first kappa shape index (κ1) is 12.5. The summed E-state index contributed by atoms with van der Waals surface area (Å²) in [5.41, 5.74) is 6.58. The molecule has 92 valence electrons. The van der Waals surface area contributed by atoms with Crippen LogP contribution in [0, 0.1) is 11.3 Å². The van der Waals surface area contributed by atoms with Gasteiger partial charge in [-0.1, -0.05) is 0 Å². The van der Waals surface area contributed by atoms with Crippen LogP contribution in [-0.2, 0) is 0 Å². The maximum atomic E-state index is 5.99. The fraction of sp³-hybridized carbons (Fsp3) is 0.917. The molecule has 0 aromatic carbocycles. The van der Waals surface area contributed by atoms with E-state index in [-0.39, 0.29) is 24.0 Å². The second-order valence-electron chi connectivity index (χ2n) is 5.65. The molecular weight excluding hydrogens is 313 g/mol. The number of nitrogens with zero attached hydrogens (tertiary/aromatic N) is 2. The van der Waals surface area contributed by atoms with Gasteiger partial charge < -0.3 is 10.6 Å². The third kappa shape index (κ3) is 2.46. The van der Waals surface area contributed by atoms with E-state index >= 15 is 0 Å². The first-order valence-corrected chi connectivity index (χ1v) is 6.24. The van der Waals surface area contributed by atoms with Crippen molar-refractivity contribution in [2.24, 2.45) is 22.1 Å². The Labute approximate surface area is 115 Å². The smallest absolute Gasteiger partial charge is 0.191 e. The number of rotatable bonds is 4. The van der Waals surface area contributed by atoms with Gasteiger partial charge in [-0.15, -0.1) is 24.0 Å². The molecule has 3 nitrogen and oxygen atoms in total. The molecule has 0 amide bonds. The van der Waals surface area contributed by atoms with Crippen molar-refractivity contribution in [1.29, 1.82) is 0 Å². The molecule has 0 bridgehead atoms. The molecule has 3 rings (SSSR count). The van der Waals surface area contributed by atoms with Crippen molar-refractivity contribution >= 4 is 29.9 Å². The highest BCUT2D eigenvalue weighted by molar-refractivity contribution is 14.0. The Kier molecular flexibility index (Phi) is 3.39. The van der Waals surface area contributed by atoms with Crippen molar-refractivity contribution in [3.63, 3.8) is 0 Å². The van der Waals surface area contributed by atoms with Gasteiger partial charge in [0.1, 0.15) is 0 Å². The number of guanidine groups is 1. The van der Waals surface area contributed by atoms with Crippen molar-refractivity contribution in [2.45, 2.75) is 44.6 Å². The lowest BCUT2D eigenvalue weighted by Crippen LogP contribution is -2.36. The number of nitrogens with two attached hydrogens (primary N) is 1. The molecular formula is C12H22IN3. The van der Waals surface area contributed by atoms with E-state index in [0.29, 0.717) is 11.5 Å². The van der Waals surface area contributed by atoms with Gasteiger partial charge in [-0.05, 0) is 49.9 Å². The molecule has 0 aromatic heterocycles. The Hall–Kier alpha value is 0. The highest BCUT2D eigenvalue weighted by Gasteiger charge is 2.53. The van der Waals surface area contributed by atoms with Crippen LogP contribution in [0.25, 0.3) is 0 Å². The third-order valence-corrected chi connectivity index (χ3v) is 4.35. The van der Waals surface area contributed by atoms with Crippen LogP contribution in [0.5, 0.6) is 0 Å². The molecule has 0 aromatic rings. The predicted molar refractivity (Wildman–Crippen MR) is 77.1 cm³/mol. The molecule has 3 aliphatic rings. The summed E-state index contributed by atoms with van der Waals surface area (Å²) in [5, 5.41) is 0. The summed E-state index contributed by atoms with van der Waals surface area (Å²) in [6.45, 7) is 0.987. The zero-order chi connectivity index (χ0) is 10.5. The normalized spacial score (nSPS) is 27.2. The van der Waals surface area contributed by atoms with Crippen LogP contribution in [0.1, 0.15) is 38.5 Å². The number of halogens is 1. The summed E-state index contributed by atoms with van der Waals surface area (Å²) in [7, 11) is 2.08. The average molecular weight is 335 g/mol. The first-order chi connectivity index (χ1) is 7.21. The molecule has 4 heteroatoms. The summed E-state index contributed by atoms with van der Waals surface area (Å²) < 4.78 is 0. The van der Waals surface area contributed by atoms with E-state index in [1.165, 1.54) is 38.5 Å². The van der Waals surface area contributed by atoms with Gasteiger partial charge >= 0.3 is 0 Å². The topological polar surface area (TPSA) is 41.6 Å². The Morgan fingerprint density at radius 2 is 1.94 bits per heavy atom. The Morgan fingerprint density at radius 1 is 1.31 bits per heavy atom. The average Bonchev–Trinajstić information content (AvgIpc) is 3.10. The van der Waals surface area contributed by atoms with E-state index in [4.69, 9.17) is 5.73 Å². The summed E-state index contributed by atoms with van der Waals surface area (Å²) in [6, 6.07) is 0.685. The minimum atomic E-state index is 0. The van der Waals surface area contributed by atoms with Crippen molar-refractivity contribution in [3.8, 4) is 0 Å². The molecule has 3 fully saturated rings. The molecule has 16 heavy (non-hydrogen) atoms. The molecule has 0 radical (unpaired) electrons. The maximum Gasteiger partial charge on any atom is 0.191 e. The van der Waals surface area contributed by atoms with Gasteiger partial charge in [-0.25, -0.2) is 0 Å². The molecule has 0 saturated heterocycles. The molecule has 3 saturated carbocycles. The minimum Gasteiger partial charge on any atom is -0.370 e. The standard InChI is InChI=1S/C12H21N3.HI/c1-15(10-4-5-10)11(13)14-8-12(6-7-12)9-2-3-9;/h9-10H,2-8H2,1H3,(H2,13,14);1H. The summed E-state index contributed by atoms with van der Waals surface area (Å²) >= 11 is 0.